The van der Waals surface area contributed by atoms with Gasteiger partial charge in [-0.25, -0.2) is 17.6 Å². The summed E-state index contributed by atoms with van der Waals surface area (Å²) in [5.41, 5.74) is -0.0205. The Kier molecular flexibility index (Phi) is 5.06. The predicted octanol–water partition coefficient (Wildman–Crippen LogP) is 5.36. The maximum atomic E-state index is 14.3. The van der Waals surface area contributed by atoms with Crippen molar-refractivity contribution in [2.24, 2.45) is 0 Å². The molecule has 3 aromatic rings. The Morgan fingerprint density at radius 1 is 0.846 bits per heavy atom. The molecule has 0 amide bonds. The van der Waals surface area contributed by atoms with Crippen LogP contribution >= 0.6 is 11.3 Å². The molecule has 2 aromatic carbocycles. The fourth-order valence-electron chi connectivity index (χ4n) is 2.40. The summed E-state index contributed by atoms with van der Waals surface area (Å²) in [4.78, 5) is 0.404. The second-order valence-electron chi connectivity index (χ2n) is 5.30. The first-order valence-electron chi connectivity index (χ1n) is 7.38. The molecular weight excluding hydrogens is 362 g/mol. The highest BCUT2D eigenvalue weighted by molar-refractivity contribution is 7.10. The van der Waals surface area contributed by atoms with E-state index in [2.05, 4.69) is 11.8 Å². The summed E-state index contributed by atoms with van der Waals surface area (Å²) >= 11 is 1.15. The lowest BCUT2D eigenvalue weighted by Crippen LogP contribution is -2.02. The maximum absolute atomic E-state index is 14.3. The highest BCUT2D eigenvalue weighted by Gasteiger charge is 2.21. The summed E-state index contributed by atoms with van der Waals surface area (Å²) in [6.07, 6.45) is 0. The van der Waals surface area contributed by atoms with E-state index in [4.69, 9.17) is 0 Å². The zero-order valence-corrected chi connectivity index (χ0v) is 13.9. The summed E-state index contributed by atoms with van der Waals surface area (Å²) < 4.78 is 55.0. The van der Waals surface area contributed by atoms with Gasteiger partial charge in [-0.2, -0.15) is 5.26 Å². The number of benzene rings is 2. The van der Waals surface area contributed by atoms with Gasteiger partial charge in [-0.05, 0) is 47.8 Å². The summed E-state index contributed by atoms with van der Waals surface area (Å²) in [6.45, 7) is 0. The van der Waals surface area contributed by atoms with Gasteiger partial charge < -0.3 is 0 Å². The van der Waals surface area contributed by atoms with E-state index in [1.807, 2.05) is 6.07 Å². The van der Waals surface area contributed by atoms with Gasteiger partial charge in [0.15, 0.2) is 0 Å². The van der Waals surface area contributed by atoms with Gasteiger partial charge >= 0.3 is 0 Å². The number of halogens is 4. The molecule has 0 saturated heterocycles. The molecule has 1 aromatic heterocycles. The second-order valence-corrected chi connectivity index (χ2v) is 6.25. The Balaban J connectivity index is 2.17. The Bertz CT molecular complexity index is 1070. The number of hydrogen-bond donors (Lipinski definition) is 0. The van der Waals surface area contributed by atoms with E-state index in [-0.39, 0.29) is 16.7 Å². The van der Waals surface area contributed by atoms with Crippen LogP contribution in [-0.2, 0) is 0 Å². The van der Waals surface area contributed by atoms with Gasteiger partial charge in [0, 0.05) is 10.4 Å². The van der Waals surface area contributed by atoms with Crippen LogP contribution < -0.4 is 0 Å². The third-order valence-corrected chi connectivity index (χ3v) is 4.61. The monoisotopic (exact) mass is 371 g/mol. The van der Waals surface area contributed by atoms with Gasteiger partial charge in [-0.3, -0.25) is 0 Å². The van der Waals surface area contributed by atoms with E-state index in [0.29, 0.717) is 4.88 Å². The van der Waals surface area contributed by atoms with Crippen molar-refractivity contribution in [1.82, 2.24) is 0 Å². The molecule has 6 heteroatoms. The van der Waals surface area contributed by atoms with Crippen molar-refractivity contribution in [3.63, 3.8) is 0 Å². The standard InChI is InChI=1S/C20H9F4NS/c21-14-2-5-18(23)12(9-14)1-4-16(20-13(11-25)7-8-26-20)17-10-15(22)3-6-19(17)24/h2-3,5-10,16H. The Labute approximate surface area is 151 Å². The summed E-state index contributed by atoms with van der Waals surface area (Å²) in [5, 5.41) is 10.9. The Morgan fingerprint density at radius 3 is 2.27 bits per heavy atom. The lowest BCUT2D eigenvalue weighted by Gasteiger charge is -2.11. The van der Waals surface area contributed by atoms with Crippen LogP contribution in [0.15, 0.2) is 47.8 Å². The average molecular weight is 371 g/mol. The van der Waals surface area contributed by atoms with Crippen molar-refractivity contribution in [2.45, 2.75) is 5.92 Å². The van der Waals surface area contributed by atoms with Crippen molar-refractivity contribution < 1.29 is 17.6 Å². The average Bonchev–Trinajstić information content (AvgIpc) is 3.09. The smallest absolute Gasteiger partial charge is 0.139 e. The van der Waals surface area contributed by atoms with Gasteiger partial charge in [0.2, 0.25) is 0 Å². The van der Waals surface area contributed by atoms with Gasteiger partial charge in [0.25, 0.3) is 0 Å². The Hall–Kier alpha value is -3.09. The van der Waals surface area contributed by atoms with Crippen LogP contribution in [0.2, 0.25) is 0 Å². The number of thiophene rings is 1. The molecular formula is C20H9F4NS. The number of rotatable bonds is 2. The van der Waals surface area contributed by atoms with Crippen molar-refractivity contribution in [2.75, 3.05) is 0 Å². The minimum Gasteiger partial charge on any atom is -0.207 e. The van der Waals surface area contributed by atoms with Gasteiger partial charge in [0.1, 0.15) is 29.3 Å². The first-order chi connectivity index (χ1) is 12.5. The first-order valence-corrected chi connectivity index (χ1v) is 8.26. The molecule has 1 nitrogen and oxygen atoms in total. The van der Waals surface area contributed by atoms with E-state index in [1.165, 1.54) is 6.07 Å². The van der Waals surface area contributed by atoms with Crippen LogP contribution in [0.1, 0.15) is 27.5 Å². The highest BCUT2D eigenvalue weighted by atomic mass is 32.1. The van der Waals surface area contributed by atoms with Crippen LogP contribution in [0, 0.1) is 46.4 Å². The van der Waals surface area contributed by atoms with E-state index >= 15 is 0 Å². The van der Waals surface area contributed by atoms with Gasteiger partial charge in [0.05, 0.1) is 17.0 Å². The number of hydrogen-bond acceptors (Lipinski definition) is 2. The minimum absolute atomic E-state index is 0.0757. The second kappa shape index (κ2) is 7.43. The van der Waals surface area contributed by atoms with E-state index < -0.39 is 29.2 Å². The lowest BCUT2D eigenvalue weighted by molar-refractivity contribution is 0.585. The van der Waals surface area contributed by atoms with Crippen LogP contribution in [0.3, 0.4) is 0 Å². The fourth-order valence-corrected chi connectivity index (χ4v) is 3.31. The van der Waals surface area contributed by atoms with Gasteiger partial charge in [-0.15, -0.1) is 11.3 Å². The molecule has 3 rings (SSSR count). The SMILES string of the molecule is N#Cc1ccsc1C(C#Cc1cc(F)ccc1F)c1cc(F)ccc1F. The maximum Gasteiger partial charge on any atom is 0.139 e. The van der Waals surface area contributed by atoms with Crippen molar-refractivity contribution in [1.29, 1.82) is 5.26 Å². The summed E-state index contributed by atoms with van der Waals surface area (Å²) in [5.74, 6) is 1.37. The van der Waals surface area contributed by atoms with E-state index in [0.717, 1.165) is 47.7 Å². The summed E-state index contributed by atoms with van der Waals surface area (Å²) in [7, 11) is 0. The third kappa shape index (κ3) is 3.61. The van der Waals surface area contributed by atoms with Crippen molar-refractivity contribution >= 4 is 11.3 Å². The molecule has 0 aliphatic rings. The van der Waals surface area contributed by atoms with Crippen molar-refractivity contribution in [3.05, 3.63) is 92.7 Å². The first kappa shape index (κ1) is 17.7. The topological polar surface area (TPSA) is 23.8 Å². The van der Waals surface area contributed by atoms with Gasteiger partial charge in [-0.1, -0.05) is 11.8 Å². The molecule has 0 bridgehead atoms. The Morgan fingerprint density at radius 2 is 1.54 bits per heavy atom. The quantitative estimate of drug-likeness (QED) is 0.439. The summed E-state index contributed by atoms with van der Waals surface area (Å²) in [6, 6.07) is 9.23. The van der Waals surface area contributed by atoms with Crippen LogP contribution in [0.4, 0.5) is 17.6 Å². The molecule has 1 heterocycles. The molecule has 1 unspecified atom stereocenters. The molecule has 128 valence electrons. The van der Waals surface area contributed by atoms with Crippen LogP contribution in [-0.4, -0.2) is 0 Å². The minimum atomic E-state index is -0.997. The number of nitrogens with zero attached hydrogens (tertiary/aromatic N) is 1. The van der Waals surface area contributed by atoms with Crippen molar-refractivity contribution in [3.8, 4) is 17.9 Å². The number of nitriles is 1. The molecule has 0 fully saturated rings. The van der Waals surface area contributed by atoms with E-state index in [1.54, 1.807) is 5.38 Å². The molecule has 0 radical (unpaired) electrons. The largest absolute Gasteiger partial charge is 0.207 e. The highest BCUT2D eigenvalue weighted by Crippen LogP contribution is 2.33. The molecule has 0 N–H and O–H groups in total. The molecule has 26 heavy (non-hydrogen) atoms. The lowest BCUT2D eigenvalue weighted by atomic mass is 9.94. The molecule has 1 atom stereocenters. The zero-order valence-electron chi connectivity index (χ0n) is 13.1. The van der Waals surface area contributed by atoms with Crippen LogP contribution in [0.5, 0.6) is 0 Å². The molecule has 0 saturated carbocycles. The zero-order chi connectivity index (χ0) is 18.7. The third-order valence-electron chi connectivity index (χ3n) is 3.63. The molecule has 0 aliphatic carbocycles. The van der Waals surface area contributed by atoms with E-state index in [9.17, 15) is 22.8 Å². The molecule has 0 aliphatic heterocycles. The normalized spacial score (nSPS) is 11.3. The molecule has 0 spiro atoms. The predicted molar refractivity (Wildman–Crippen MR) is 90.5 cm³/mol. The fraction of sp³-hybridized carbons (Fsp3) is 0.0500. The van der Waals surface area contributed by atoms with Crippen LogP contribution in [0.25, 0.3) is 0 Å².